The first kappa shape index (κ1) is 20.1. The number of ether oxygens (including phenoxy) is 2. The number of carbonyl (C=O) groups excluding carboxylic acids is 2. The summed E-state index contributed by atoms with van der Waals surface area (Å²) >= 11 is 0. The lowest BCUT2D eigenvalue weighted by Crippen LogP contribution is -2.34. The minimum atomic E-state index is -0.696. The highest BCUT2D eigenvalue weighted by molar-refractivity contribution is 5.92. The molecule has 2 rings (SSSR count). The van der Waals surface area contributed by atoms with Crippen molar-refractivity contribution in [3.05, 3.63) is 47.1 Å². The molecule has 26 heavy (non-hydrogen) atoms. The van der Waals surface area contributed by atoms with Gasteiger partial charge in [0.25, 0.3) is 0 Å². The zero-order valence-corrected chi connectivity index (χ0v) is 15.4. The van der Waals surface area contributed by atoms with Crippen LogP contribution < -0.4 is 0 Å². The van der Waals surface area contributed by atoms with Gasteiger partial charge in [0.05, 0.1) is 24.2 Å². The fourth-order valence-electron chi connectivity index (χ4n) is 3.36. The average Bonchev–Trinajstić information content (AvgIpc) is 2.81. The zero-order chi connectivity index (χ0) is 19.4. The van der Waals surface area contributed by atoms with Crippen LogP contribution in [0.5, 0.6) is 0 Å². The predicted octanol–water partition coefficient (Wildman–Crippen LogP) is 1.98. The van der Waals surface area contributed by atoms with Crippen LogP contribution in [0.4, 0.5) is 0 Å². The lowest BCUT2D eigenvalue weighted by molar-refractivity contribution is -0.147. The molecule has 6 nitrogen and oxygen atoms in total. The van der Waals surface area contributed by atoms with Gasteiger partial charge in [-0.3, -0.25) is 0 Å². The topological polar surface area (TPSA) is 93.1 Å². The van der Waals surface area contributed by atoms with Gasteiger partial charge in [-0.1, -0.05) is 29.9 Å². The molecule has 0 amide bonds. The molecule has 1 aliphatic heterocycles. The first-order valence-electron chi connectivity index (χ1n) is 8.66. The molecule has 0 bridgehead atoms. The van der Waals surface area contributed by atoms with Crippen molar-refractivity contribution >= 4 is 11.9 Å². The van der Waals surface area contributed by atoms with E-state index in [2.05, 4.69) is 6.58 Å². The highest BCUT2D eigenvalue weighted by atomic mass is 16.6. The molecule has 0 radical (unpaired) electrons. The van der Waals surface area contributed by atoms with Crippen LogP contribution in [0.15, 0.2) is 47.1 Å². The fourth-order valence-corrected chi connectivity index (χ4v) is 3.36. The summed E-state index contributed by atoms with van der Waals surface area (Å²) < 4.78 is 11.0. The van der Waals surface area contributed by atoms with Gasteiger partial charge in [0.1, 0.15) is 12.2 Å². The van der Waals surface area contributed by atoms with Crippen LogP contribution in [0.2, 0.25) is 0 Å². The van der Waals surface area contributed by atoms with Gasteiger partial charge in [-0.25, -0.2) is 9.59 Å². The maximum atomic E-state index is 12.3. The lowest BCUT2D eigenvalue weighted by atomic mass is 9.85. The number of rotatable bonds is 3. The number of hydrogen-bond donors (Lipinski definition) is 2. The highest BCUT2D eigenvalue weighted by Crippen LogP contribution is 2.36. The average molecular weight is 362 g/mol. The summed E-state index contributed by atoms with van der Waals surface area (Å²) in [7, 11) is 0. The molecule has 2 aliphatic rings. The lowest BCUT2D eigenvalue weighted by Gasteiger charge is -2.28. The van der Waals surface area contributed by atoms with E-state index >= 15 is 0 Å². The number of fused-ring (bicyclic) bond motifs is 1. The second-order valence-corrected chi connectivity index (χ2v) is 6.84. The van der Waals surface area contributed by atoms with Crippen LogP contribution in [0, 0.1) is 5.92 Å². The fraction of sp³-hybridized carbons (Fsp3) is 0.500. The summed E-state index contributed by atoms with van der Waals surface area (Å²) in [6.07, 6.45) is 3.79. The number of allylic oxidation sites excluding steroid dienone is 1. The molecule has 142 valence electrons. The Bertz CT molecular complexity index is 684. The summed E-state index contributed by atoms with van der Waals surface area (Å²) in [5.41, 5.74) is 2.11. The zero-order valence-electron chi connectivity index (χ0n) is 15.4. The number of carbonyl (C=O) groups is 2. The third kappa shape index (κ3) is 4.51. The monoisotopic (exact) mass is 362 g/mol. The van der Waals surface area contributed by atoms with Crippen LogP contribution in [0.1, 0.15) is 33.6 Å². The van der Waals surface area contributed by atoms with Crippen molar-refractivity contribution < 1.29 is 29.3 Å². The van der Waals surface area contributed by atoms with Crippen molar-refractivity contribution in [3.8, 4) is 0 Å². The molecular weight excluding hydrogens is 336 g/mol. The second-order valence-electron chi connectivity index (χ2n) is 6.84. The molecule has 0 aromatic carbocycles. The van der Waals surface area contributed by atoms with Crippen LogP contribution in [0.3, 0.4) is 0 Å². The van der Waals surface area contributed by atoms with E-state index in [-0.39, 0.29) is 11.1 Å². The van der Waals surface area contributed by atoms with Crippen molar-refractivity contribution in [1.29, 1.82) is 0 Å². The Morgan fingerprint density at radius 3 is 2.62 bits per heavy atom. The standard InChI is InChI=1S/C20H26O6/c1-5-14(10-21)20(24)26-17-9-12(3)7-15(22)6-11(2)8-16-18(17)13(4)19(23)25-16/h5,7-8,15-18,21-22H,4,6,9-10H2,1-3H3/b11-8+,12-7+,14-5-/t15?,16?,17-,18+/m1/s1. The van der Waals surface area contributed by atoms with Crippen LogP contribution in [-0.2, 0) is 19.1 Å². The van der Waals surface area contributed by atoms with Gasteiger partial charge in [0.15, 0.2) is 0 Å². The first-order chi connectivity index (χ1) is 12.3. The molecule has 1 saturated heterocycles. The van der Waals surface area contributed by atoms with Crippen molar-refractivity contribution in [2.24, 2.45) is 5.92 Å². The van der Waals surface area contributed by atoms with Gasteiger partial charge in [0, 0.05) is 12.0 Å². The van der Waals surface area contributed by atoms with Gasteiger partial charge in [-0.15, -0.1) is 0 Å². The molecule has 0 spiro atoms. The first-order valence-corrected chi connectivity index (χ1v) is 8.66. The van der Waals surface area contributed by atoms with Gasteiger partial charge in [-0.05, 0) is 33.3 Å². The smallest absolute Gasteiger partial charge is 0.336 e. The molecule has 1 aliphatic carbocycles. The van der Waals surface area contributed by atoms with Crippen molar-refractivity contribution in [3.63, 3.8) is 0 Å². The minimum Gasteiger partial charge on any atom is -0.458 e. The summed E-state index contributed by atoms with van der Waals surface area (Å²) in [6, 6.07) is 0. The van der Waals surface area contributed by atoms with E-state index < -0.39 is 42.8 Å². The molecule has 1 fully saturated rings. The maximum absolute atomic E-state index is 12.3. The van der Waals surface area contributed by atoms with Crippen molar-refractivity contribution in [1.82, 2.24) is 0 Å². The molecule has 1 heterocycles. The van der Waals surface area contributed by atoms with E-state index in [1.54, 1.807) is 19.1 Å². The Morgan fingerprint density at radius 2 is 2.00 bits per heavy atom. The molecule has 0 saturated carbocycles. The van der Waals surface area contributed by atoms with E-state index in [9.17, 15) is 19.8 Å². The van der Waals surface area contributed by atoms with E-state index in [4.69, 9.17) is 9.47 Å². The number of hydrogen-bond acceptors (Lipinski definition) is 6. The van der Waals surface area contributed by atoms with Gasteiger partial charge >= 0.3 is 11.9 Å². The number of aliphatic hydroxyl groups excluding tert-OH is 2. The number of aliphatic hydroxyl groups is 2. The van der Waals surface area contributed by atoms with E-state index in [0.29, 0.717) is 12.8 Å². The Balaban J connectivity index is 2.41. The molecule has 4 atom stereocenters. The maximum Gasteiger partial charge on any atom is 0.336 e. The Morgan fingerprint density at radius 1 is 1.35 bits per heavy atom. The van der Waals surface area contributed by atoms with Crippen LogP contribution >= 0.6 is 0 Å². The van der Waals surface area contributed by atoms with Gasteiger partial charge in [-0.2, -0.15) is 0 Å². The molecule has 2 N–H and O–H groups in total. The Kier molecular flexibility index (Phi) is 6.56. The van der Waals surface area contributed by atoms with E-state index in [0.717, 1.165) is 11.1 Å². The third-order valence-corrected chi connectivity index (χ3v) is 4.68. The largest absolute Gasteiger partial charge is 0.458 e. The summed E-state index contributed by atoms with van der Waals surface area (Å²) in [5, 5.41) is 19.4. The van der Waals surface area contributed by atoms with Gasteiger partial charge < -0.3 is 19.7 Å². The van der Waals surface area contributed by atoms with E-state index in [1.165, 1.54) is 6.08 Å². The van der Waals surface area contributed by atoms with Crippen molar-refractivity contribution in [2.75, 3.05) is 6.61 Å². The summed E-state index contributed by atoms with van der Waals surface area (Å²) in [4.78, 5) is 24.4. The molecule has 6 heteroatoms. The van der Waals surface area contributed by atoms with Crippen molar-refractivity contribution in [2.45, 2.75) is 51.9 Å². The molecular formula is C20H26O6. The molecule has 0 aromatic heterocycles. The minimum absolute atomic E-state index is 0.142. The predicted molar refractivity (Wildman–Crippen MR) is 96.0 cm³/mol. The quantitative estimate of drug-likeness (QED) is 0.453. The third-order valence-electron chi connectivity index (χ3n) is 4.68. The molecule has 2 unspecified atom stereocenters. The summed E-state index contributed by atoms with van der Waals surface area (Å²) in [6.45, 7) is 8.72. The second kappa shape index (κ2) is 8.47. The van der Waals surface area contributed by atoms with Crippen LogP contribution in [0.25, 0.3) is 0 Å². The van der Waals surface area contributed by atoms with Gasteiger partial charge in [0.2, 0.25) is 0 Å². The Labute approximate surface area is 153 Å². The van der Waals surface area contributed by atoms with E-state index in [1.807, 2.05) is 13.8 Å². The highest BCUT2D eigenvalue weighted by Gasteiger charge is 2.44. The van der Waals surface area contributed by atoms with Crippen LogP contribution in [-0.4, -0.2) is 47.1 Å². The Hall–Kier alpha value is -2.18. The normalized spacial score (nSPS) is 34.1. The number of esters is 2. The molecule has 0 aromatic rings. The SMILES string of the molecule is C=C1C(=O)OC2/C=C(\C)CC(O)/C=C(\C)C[C@@H](OC(=O)/C(=C\C)CO)[C@@H]12. The summed E-state index contributed by atoms with van der Waals surface area (Å²) in [5.74, 6) is -1.67.